The lowest BCUT2D eigenvalue weighted by Crippen LogP contribution is -2.11. The molecule has 0 aliphatic heterocycles. The minimum atomic E-state index is 0.105. The van der Waals surface area contributed by atoms with Gasteiger partial charge in [0, 0.05) is 30.5 Å². The first-order valence-electron chi connectivity index (χ1n) is 7.53. The Hall–Kier alpha value is -2.54. The Labute approximate surface area is 137 Å². The molecule has 7 heteroatoms. The van der Waals surface area contributed by atoms with Gasteiger partial charge >= 0.3 is 0 Å². The third kappa shape index (κ3) is 2.24. The van der Waals surface area contributed by atoms with E-state index in [2.05, 4.69) is 33.5 Å². The fourth-order valence-corrected chi connectivity index (χ4v) is 3.53. The topological polar surface area (TPSA) is 61.4 Å². The SMILES string of the molecule is CCn1c(C(C)c2ccnn2-c2nccs2)nc2cnccc21. The molecule has 0 amide bonds. The molecule has 0 spiro atoms. The van der Waals surface area contributed by atoms with E-state index in [1.807, 2.05) is 40.8 Å². The highest BCUT2D eigenvalue weighted by Gasteiger charge is 2.21. The molecule has 0 bridgehead atoms. The van der Waals surface area contributed by atoms with Crippen LogP contribution in [0.2, 0.25) is 0 Å². The van der Waals surface area contributed by atoms with Crippen molar-refractivity contribution in [1.82, 2.24) is 29.3 Å². The van der Waals surface area contributed by atoms with Crippen LogP contribution >= 0.6 is 11.3 Å². The first-order valence-corrected chi connectivity index (χ1v) is 8.41. The maximum atomic E-state index is 4.80. The van der Waals surface area contributed by atoms with Crippen molar-refractivity contribution >= 4 is 22.4 Å². The van der Waals surface area contributed by atoms with Crippen LogP contribution in [0.15, 0.2) is 42.3 Å². The van der Waals surface area contributed by atoms with E-state index >= 15 is 0 Å². The average molecular weight is 324 g/mol. The van der Waals surface area contributed by atoms with Crippen LogP contribution in [-0.4, -0.2) is 29.3 Å². The maximum absolute atomic E-state index is 4.80. The summed E-state index contributed by atoms with van der Waals surface area (Å²) in [6.45, 7) is 5.16. The summed E-state index contributed by atoms with van der Waals surface area (Å²) in [5.74, 6) is 1.13. The van der Waals surface area contributed by atoms with Crippen LogP contribution in [0.4, 0.5) is 0 Å². The van der Waals surface area contributed by atoms with Gasteiger partial charge in [0.25, 0.3) is 0 Å². The summed E-state index contributed by atoms with van der Waals surface area (Å²) in [6.07, 6.45) is 7.23. The van der Waals surface area contributed by atoms with Crippen LogP contribution in [0, 0.1) is 0 Å². The highest BCUT2D eigenvalue weighted by Crippen LogP contribution is 2.28. The molecule has 1 atom stereocenters. The van der Waals surface area contributed by atoms with Gasteiger partial charge in [-0.1, -0.05) is 0 Å². The third-order valence-electron chi connectivity index (χ3n) is 4.00. The zero-order valence-corrected chi connectivity index (χ0v) is 13.7. The number of thiazole rings is 1. The van der Waals surface area contributed by atoms with Crippen molar-refractivity contribution in [3.63, 3.8) is 0 Å². The van der Waals surface area contributed by atoms with Crippen molar-refractivity contribution in [1.29, 1.82) is 0 Å². The minimum Gasteiger partial charge on any atom is -0.328 e. The van der Waals surface area contributed by atoms with Crippen LogP contribution in [-0.2, 0) is 6.54 Å². The van der Waals surface area contributed by atoms with Crippen molar-refractivity contribution in [2.75, 3.05) is 0 Å². The van der Waals surface area contributed by atoms with Crippen molar-refractivity contribution < 1.29 is 0 Å². The van der Waals surface area contributed by atoms with Gasteiger partial charge in [0.15, 0.2) is 0 Å². The number of hydrogen-bond donors (Lipinski definition) is 0. The fourth-order valence-electron chi connectivity index (χ4n) is 2.92. The van der Waals surface area contributed by atoms with Gasteiger partial charge in [-0.15, -0.1) is 11.3 Å². The van der Waals surface area contributed by atoms with E-state index in [0.717, 1.165) is 34.2 Å². The van der Waals surface area contributed by atoms with Gasteiger partial charge in [-0.2, -0.15) is 5.10 Å². The summed E-state index contributed by atoms with van der Waals surface area (Å²) in [7, 11) is 0. The zero-order valence-electron chi connectivity index (χ0n) is 12.9. The molecule has 116 valence electrons. The molecular formula is C16H16N6S. The Morgan fingerprint density at radius 1 is 1.22 bits per heavy atom. The molecule has 6 nitrogen and oxygen atoms in total. The summed E-state index contributed by atoms with van der Waals surface area (Å²) in [5.41, 5.74) is 3.12. The molecule has 4 aromatic rings. The second-order valence-corrected chi connectivity index (χ2v) is 6.16. The van der Waals surface area contributed by atoms with Gasteiger partial charge in [0.2, 0.25) is 5.13 Å². The molecule has 0 radical (unpaired) electrons. The number of pyridine rings is 1. The number of aromatic nitrogens is 6. The average Bonchev–Trinajstić information content (AvgIpc) is 3.30. The number of nitrogens with zero attached hydrogens (tertiary/aromatic N) is 6. The molecule has 0 aromatic carbocycles. The van der Waals surface area contributed by atoms with Crippen LogP contribution in [0.5, 0.6) is 0 Å². The summed E-state index contributed by atoms with van der Waals surface area (Å²) in [5, 5.41) is 7.26. The van der Waals surface area contributed by atoms with Gasteiger partial charge in [-0.3, -0.25) is 4.98 Å². The smallest absolute Gasteiger partial charge is 0.210 e. The van der Waals surface area contributed by atoms with E-state index in [9.17, 15) is 0 Å². The zero-order chi connectivity index (χ0) is 15.8. The lowest BCUT2D eigenvalue weighted by atomic mass is 10.1. The van der Waals surface area contributed by atoms with E-state index in [-0.39, 0.29) is 5.92 Å². The molecule has 4 aromatic heterocycles. The first-order chi connectivity index (χ1) is 11.3. The van der Waals surface area contributed by atoms with Crippen molar-refractivity contribution in [3.8, 4) is 5.13 Å². The number of hydrogen-bond acceptors (Lipinski definition) is 5. The predicted molar refractivity (Wildman–Crippen MR) is 90.0 cm³/mol. The fraction of sp³-hybridized carbons (Fsp3) is 0.250. The standard InChI is InChI=1S/C16H16N6S/c1-3-21-14-4-6-17-10-12(14)20-15(21)11(2)13-5-7-19-22(13)16-18-8-9-23-16/h4-11H,3H2,1-2H3. The van der Waals surface area contributed by atoms with E-state index in [0.29, 0.717) is 0 Å². The molecule has 0 saturated carbocycles. The number of rotatable bonds is 4. The van der Waals surface area contributed by atoms with Crippen LogP contribution in [0.25, 0.3) is 16.2 Å². The molecular weight excluding hydrogens is 308 g/mol. The molecule has 0 aliphatic carbocycles. The first kappa shape index (κ1) is 14.1. The van der Waals surface area contributed by atoms with Gasteiger partial charge in [0.05, 0.1) is 23.3 Å². The Kier molecular flexibility index (Phi) is 3.42. The second-order valence-electron chi connectivity index (χ2n) is 5.28. The van der Waals surface area contributed by atoms with Crippen molar-refractivity contribution in [2.24, 2.45) is 0 Å². The summed E-state index contributed by atoms with van der Waals surface area (Å²) < 4.78 is 4.13. The largest absolute Gasteiger partial charge is 0.328 e. The van der Waals surface area contributed by atoms with Crippen molar-refractivity contribution in [3.05, 3.63) is 53.8 Å². The molecule has 23 heavy (non-hydrogen) atoms. The van der Waals surface area contributed by atoms with E-state index in [4.69, 9.17) is 4.98 Å². The van der Waals surface area contributed by atoms with E-state index in [1.54, 1.807) is 17.5 Å². The monoisotopic (exact) mass is 324 g/mol. The Balaban J connectivity index is 1.84. The van der Waals surface area contributed by atoms with Crippen molar-refractivity contribution in [2.45, 2.75) is 26.3 Å². The van der Waals surface area contributed by atoms with Crippen LogP contribution in [0.1, 0.15) is 31.3 Å². The molecule has 0 N–H and O–H groups in total. The molecule has 0 fully saturated rings. The summed E-state index contributed by atoms with van der Waals surface area (Å²) in [4.78, 5) is 13.3. The van der Waals surface area contributed by atoms with Crippen LogP contribution < -0.4 is 0 Å². The van der Waals surface area contributed by atoms with Gasteiger partial charge < -0.3 is 4.57 Å². The summed E-state index contributed by atoms with van der Waals surface area (Å²) in [6, 6.07) is 4.05. The highest BCUT2D eigenvalue weighted by atomic mass is 32.1. The Morgan fingerprint density at radius 3 is 2.91 bits per heavy atom. The lowest BCUT2D eigenvalue weighted by Gasteiger charge is -2.14. The van der Waals surface area contributed by atoms with E-state index in [1.165, 1.54) is 0 Å². The van der Waals surface area contributed by atoms with Crippen LogP contribution in [0.3, 0.4) is 0 Å². The minimum absolute atomic E-state index is 0.105. The predicted octanol–water partition coefficient (Wildman–Crippen LogP) is 3.25. The molecule has 4 heterocycles. The van der Waals surface area contributed by atoms with E-state index < -0.39 is 0 Å². The quantitative estimate of drug-likeness (QED) is 0.578. The van der Waals surface area contributed by atoms with Gasteiger partial charge in [-0.05, 0) is 26.0 Å². The molecule has 4 rings (SSSR count). The molecule has 1 unspecified atom stereocenters. The molecule has 0 aliphatic rings. The maximum Gasteiger partial charge on any atom is 0.210 e. The second kappa shape index (κ2) is 5.58. The number of aryl methyl sites for hydroxylation is 1. The Morgan fingerprint density at radius 2 is 2.13 bits per heavy atom. The molecule has 0 saturated heterocycles. The Bertz CT molecular complexity index is 937. The summed E-state index contributed by atoms with van der Waals surface area (Å²) >= 11 is 1.57. The third-order valence-corrected chi connectivity index (χ3v) is 4.75. The number of imidazole rings is 1. The highest BCUT2D eigenvalue weighted by molar-refractivity contribution is 7.12. The lowest BCUT2D eigenvalue weighted by molar-refractivity contribution is 0.655. The normalized spacial score (nSPS) is 12.8. The van der Waals surface area contributed by atoms with Gasteiger partial charge in [-0.25, -0.2) is 14.6 Å². The number of fused-ring (bicyclic) bond motifs is 1. The van der Waals surface area contributed by atoms with Gasteiger partial charge in [0.1, 0.15) is 11.3 Å².